The highest BCUT2D eigenvalue weighted by Gasteiger charge is 2.31. The average molecular weight is 341 g/mol. The summed E-state index contributed by atoms with van der Waals surface area (Å²) < 4.78 is 6.77. The molecule has 1 aliphatic heterocycles. The smallest absolute Gasteiger partial charge is 0.0694 e. The number of rotatable bonds is 5. The first-order valence-corrected chi connectivity index (χ1v) is 8.18. The molecule has 0 bridgehead atoms. The Hall–Kier alpha value is -0.580. The van der Waals surface area contributed by atoms with Gasteiger partial charge in [-0.1, -0.05) is 13.0 Å². The van der Waals surface area contributed by atoms with Crippen molar-refractivity contribution in [1.82, 2.24) is 5.32 Å². The summed E-state index contributed by atoms with van der Waals surface area (Å²) in [6.45, 7) is 11.2. The lowest BCUT2D eigenvalue weighted by Crippen LogP contribution is -2.53. The van der Waals surface area contributed by atoms with Gasteiger partial charge in [0.1, 0.15) is 0 Å². The molecule has 0 aliphatic carbocycles. The first-order valence-electron chi connectivity index (χ1n) is 7.39. The molecule has 20 heavy (non-hydrogen) atoms. The molecule has 0 amide bonds. The Kier molecular flexibility index (Phi) is 5.47. The van der Waals surface area contributed by atoms with Gasteiger partial charge >= 0.3 is 0 Å². The number of nitrogens with zero attached hydrogens (tertiary/aromatic N) is 1. The van der Waals surface area contributed by atoms with Crippen molar-refractivity contribution in [3.05, 3.63) is 28.2 Å². The molecule has 1 N–H and O–H groups in total. The van der Waals surface area contributed by atoms with Crippen LogP contribution in [0.4, 0.5) is 5.69 Å². The average Bonchev–Trinajstić information content (AvgIpc) is 2.40. The molecule has 1 aromatic rings. The minimum Gasteiger partial charge on any atom is -0.377 e. The fourth-order valence-corrected chi connectivity index (χ4v) is 3.23. The van der Waals surface area contributed by atoms with Crippen molar-refractivity contribution in [1.29, 1.82) is 0 Å². The molecule has 0 unspecified atom stereocenters. The van der Waals surface area contributed by atoms with Crippen LogP contribution in [0.2, 0.25) is 0 Å². The Bertz CT molecular complexity index is 448. The van der Waals surface area contributed by atoms with Crippen molar-refractivity contribution in [2.45, 2.75) is 39.3 Å². The number of hydrogen-bond acceptors (Lipinski definition) is 3. The fourth-order valence-electron chi connectivity index (χ4n) is 2.59. The van der Waals surface area contributed by atoms with E-state index < -0.39 is 0 Å². The summed E-state index contributed by atoms with van der Waals surface area (Å²) >= 11 is 3.73. The van der Waals surface area contributed by atoms with E-state index in [-0.39, 0.29) is 5.54 Å². The van der Waals surface area contributed by atoms with Crippen LogP contribution in [0.15, 0.2) is 22.7 Å². The summed E-state index contributed by atoms with van der Waals surface area (Å²) in [5, 5.41) is 3.44. The van der Waals surface area contributed by atoms with Crippen molar-refractivity contribution < 1.29 is 4.74 Å². The van der Waals surface area contributed by atoms with Gasteiger partial charge in [-0.25, -0.2) is 0 Å². The zero-order chi connectivity index (χ0) is 14.6. The van der Waals surface area contributed by atoms with Crippen molar-refractivity contribution >= 4 is 21.6 Å². The van der Waals surface area contributed by atoms with E-state index in [1.165, 1.54) is 22.1 Å². The maximum atomic E-state index is 5.60. The topological polar surface area (TPSA) is 24.5 Å². The van der Waals surface area contributed by atoms with Crippen LogP contribution in [-0.4, -0.2) is 31.8 Å². The lowest BCUT2D eigenvalue weighted by Gasteiger charge is -2.44. The highest BCUT2D eigenvalue weighted by atomic mass is 79.9. The predicted octanol–water partition coefficient (Wildman–Crippen LogP) is 3.56. The highest BCUT2D eigenvalue weighted by Crippen LogP contribution is 2.33. The van der Waals surface area contributed by atoms with Gasteiger partial charge in [-0.05, 0) is 60.4 Å². The van der Waals surface area contributed by atoms with Gasteiger partial charge in [-0.2, -0.15) is 0 Å². The van der Waals surface area contributed by atoms with E-state index in [2.05, 4.69) is 65.1 Å². The van der Waals surface area contributed by atoms with Gasteiger partial charge in [-0.15, -0.1) is 0 Å². The van der Waals surface area contributed by atoms with E-state index >= 15 is 0 Å². The molecule has 0 atom stereocenters. The minimum atomic E-state index is 0.0444. The monoisotopic (exact) mass is 340 g/mol. The summed E-state index contributed by atoms with van der Waals surface area (Å²) in [6, 6.07) is 6.66. The molecule has 0 saturated carbocycles. The molecular weight excluding hydrogens is 316 g/mol. The zero-order valence-corrected chi connectivity index (χ0v) is 14.3. The molecule has 112 valence electrons. The Labute approximate surface area is 130 Å². The van der Waals surface area contributed by atoms with Gasteiger partial charge in [-0.3, -0.25) is 0 Å². The van der Waals surface area contributed by atoms with Crippen LogP contribution >= 0.6 is 15.9 Å². The molecule has 1 aromatic carbocycles. The van der Waals surface area contributed by atoms with Crippen LogP contribution < -0.4 is 10.2 Å². The molecular formula is C16H25BrN2O. The number of ether oxygens (including phenoxy) is 1. The molecule has 1 aliphatic rings. The molecule has 1 heterocycles. The maximum Gasteiger partial charge on any atom is 0.0694 e. The Morgan fingerprint density at radius 3 is 2.85 bits per heavy atom. The van der Waals surface area contributed by atoms with E-state index in [4.69, 9.17) is 4.74 Å². The molecule has 1 fully saturated rings. The third kappa shape index (κ3) is 3.74. The van der Waals surface area contributed by atoms with Crippen molar-refractivity contribution in [3.63, 3.8) is 0 Å². The first-order chi connectivity index (χ1) is 9.54. The summed E-state index contributed by atoms with van der Waals surface area (Å²) in [6.07, 6.45) is 1.17. The lowest BCUT2D eigenvalue weighted by atomic mass is 10.0. The number of morpholine rings is 1. The van der Waals surface area contributed by atoms with Crippen LogP contribution in [0, 0.1) is 0 Å². The second-order valence-corrected chi connectivity index (χ2v) is 6.83. The third-order valence-corrected chi connectivity index (χ3v) is 4.34. The largest absolute Gasteiger partial charge is 0.377 e. The first kappa shape index (κ1) is 15.8. The van der Waals surface area contributed by atoms with Gasteiger partial charge in [0.15, 0.2) is 0 Å². The lowest BCUT2D eigenvalue weighted by molar-refractivity contribution is 0.0643. The normalized spacial score (nSPS) is 18.3. The Morgan fingerprint density at radius 2 is 2.20 bits per heavy atom. The van der Waals surface area contributed by atoms with Gasteiger partial charge in [0, 0.05) is 17.6 Å². The molecule has 3 nitrogen and oxygen atoms in total. The Morgan fingerprint density at radius 1 is 1.40 bits per heavy atom. The molecule has 0 radical (unpaired) electrons. The van der Waals surface area contributed by atoms with Crippen molar-refractivity contribution in [3.8, 4) is 0 Å². The van der Waals surface area contributed by atoms with Gasteiger partial charge < -0.3 is 15.0 Å². The standard InChI is InChI=1S/C16H25BrN2O/c1-4-7-18-11-13-5-6-15(14(17)10-13)19-8-9-20-12-16(19,2)3/h5-6,10,18H,4,7-9,11-12H2,1-3H3. The van der Waals surface area contributed by atoms with Crippen LogP contribution in [0.5, 0.6) is 0 Å². The van der Waals surface area contributed by atoms with E-state index in [1.807, 2.05) is 0 Å². The van der Waals surface area contributed by atoms with Crippen molar-refractivity contribution in [2.24, 2.45) is 0 Å². The third-order valence-electron chi connectivity index (χ3n) is 3.70. The van der Waals surface area contributed by atoms with Gasteiger partial charge in [0.2, 0.25) is 0 Å². The van der Waals surface area contributed by atoms with Crippen LogP contribution in [0.3, 0.4) is 0 Å². The number of nitrogens with one attached hydrogen (secondary N) is 1. The second kappa shape index (κ2) is 6.92. The SMILES string of the molecule is CCCNCc1ccc(N2CCOCC2(C)C)c(Br)c1. The minimum absolute atomic E-state index is 0.0444. The summed E-state index contributed by atoms with van der Waals surface area (Å²) in [5.41, 5.74) is 2.63. The molecule has 0 aromatic heterocycles. The molecule has 1 saturated heterocycles. The van der Waals surface area contributed by atoms with Crippen LogP contribution in [0.1, 0.15) is 32.8 Å². The van der Waals surface area contributed by atoms with E-state index in [0.29, 0.717) is 0 Å². The van der Waals surface area contributed by atoms with Crippen molar-refractivity contribution in [2.75, 3.05) is 31.2 Å². The second-order valence-electron chi connectivity index (χ2n) is 5.98. The summed E-state index contributed by atoms with van der Waals surface area (Å²) in [4.78, 5) is 2.43. The quantitative estimate of drug-likeness (QED) is 0.829. The number of halogens is 1. The summed E-state index contributed by atoms with van der Waals surface area (Å²) in [5.74, 6) is 0. The maximum absolute atomic E-state index is 5.60. The number of benzene rings is 1. The highest BCUT2D eigenvalue weighted by molar-refractivity contribution is 9.10. The predicted molar refractivity (Wildman–Crippen MR) is 88.4 cm³/mol. The van der Waals surface area contributed by atoms with Gasteiger partial charge in [0.25, 0.3) is 0 Å². The number of hydrogen-bond donors (Lipinski definition) is 1. The van der Waals surface area contributed by atoms with E-state index in [1.54, 1.807) is 0 Å². The number of anilines is 1. The zero-order valence-electron chi connectivity index (χ0n) is 12.7. The molecule has 0 spiro atoms. The Balaban J connectivity index is 2.12. The fraction of sp³-hybridized carbons (Fsp3) is 0.625. The summed E-state index contributed by atoms with van der Waals surface area (Å²) in [7, 11) is 0. The molecule has 4 heteroatoms. The van der Waals surface area contributed by atoms with Crippen LogP contribution in [-0.2, 0) is 11.3 Å². The van der Waals surface area contributed by atoms with E-state index in [9.17, 15) is 0 Å². The van der Waals surface area contributed by atoms with Gasteiger partial charge in [0.05, 0.1) is 24.4 Å². The van der Waals surface area contributed by atoms with Crippen LogP contribution in [0.25, 0.3) is 0 Å². The molecule has 2 rings (SSSR count). The van der Waals surface area contributed by atoms with E-state index in [0.717, 1.165) is 32.8 Å².